The largest absolute Gasteiger partial charge is 0.490 e. The number of aromatic amines is 1. The van der Waals surface area contributed by atoms with Crippen molar-refractivity contribution in [3.05, 3.63) is 59.8 Å². The SMILES string of the molecule is O=C(NCCCNc1nc(Nc2cccc(F)c2)ncc1C1CC1)c1ccn[nH]1.O=C(O)C(F)(F)F. The predicted octanol–water partition coefficient (Wildman–Crippen LogP) is 3.83. The summed E-state index contributed by atoms with van der Waals surface area (Å²) in [5.74, 6) is -1.57. The molecular weight excluding hydrogens is 486 g/mol. The molecule has 3 aromatic rings. The molecule has 0 bridgehead atoms. The first-order valence-electron chi connectivity index (χ1n) is 10.8. The zero-order chi connectivity index (χ0) is 26.1. The summed E-state index contributed by atoms with van der Waals surface area (Å²) in [6.45, 7) is 1.18. The first kappa shape index (κ1) is 26.4. The molecule has 1 aromatic carbocycles. The highest BCUT2D eigenvalue weighted by molar-refractivity contribution is 5.92. The first-order chi connectivity index (χ1) is 17.1. The van der Waals surface area contributed by atoms with E-state index in [1.807, 2.05) is 6.20 Å². The van der Waals surface area contributed by atoms with E-state index in [9.17, 15) is 22.4 Å². The molecule has 0 atom stereocenters. The summed E-state index contributed by atoms with van der Waals surface area (Å²) in [4.78, 5) is 29.7. The van der Waals surface area contributed by atoms with Crippen LogP contribution in [0.2, 0.25) is 0 Å². The summed E-state index contributed by atoms with van der Waals surface area (Å²) < 4.78 is 45.1. The van der Waals surface area contributed by atoms with Crippen LogP contribution in [0.15, 0.2) is 42.7 Å². The van der Waals surface area contributed by atoms with Crippen LogP contribution in [-0.2, 0) is 4.79 Å². The van der Waals surface area contributed by atoms with Gasteiger partial charge in [0.1, 0.15) is 17.3 Å². The molecule has 0 unspecified atom stereocenters. The molecule has 192 valence electrons. The van der Waals surface area contributed by atoms with Crippen molar-refractivity contribution in [2.75, 3.05) is 23.7 Å². The fourth-order valence-electron chi connectivity index (χ4n) is 2.96. The lowest BCUT2D eigenvalue weighted by molar-refractivity contribution is -0.192. The maximum absolute atomic E-state index is 13.4. The number of rotatable bonds is 9. The standard InChI is InChI=1S/C20H22FN7O.C2HF3O2/c21-14-3-1-4-15(11-14)26-20-24-12-16(13-5-6-13)18(27-20)22-8-2-9-23-19(29)17-7-10-25-28-17;3-2(4,5)1(6)7/h1,3-4,7,10-13H,2,5-6,8-9H2,(H,23,29)(H,25,28)(H2,22,24,26,27);(H,6,7). The van der Waals surface area contributed by atoms with Crippen molar-refractivity contribution in [2.24, 2.45) is 0 Å². The van der Waals surface area contributed by atoms with Crippen molar-refractivity contribution in [3.63, 3.8) is 0 Å². The summed E-state index contributed by atoms with van der Waals surface area (Å²) in [6, 6.07) is 7.81. The molecule has 0 spiro atoms. The Morgan fingerprint density at radius 2 is 1.92 bits per heavy atom. The number of benzene rings is 1. The number of carbonyl (C=O) groups is 2. The molecule has 14 heteroatoms. The molecule has 4 rings (SSSR count). The minimum Gasteiger partial charge on any atom is -0.475 e. The molecule has 2 heterocycles. The van der Waals surface area contributed by atoms with E-state index in [1.54, 1.807) is 24.4 Å². The van der Waals surface area contributed by atoms with E-state index in [2.05, 4.69) is 36.1 Å². The number of amides is 1. The number of carbonyl (C=O) groups excluding carboxylic acids is 1. The number of carboxylic acid groups (broad SMARTS) is 1. The number of anilines is 3. The molecule has 0 radical (unpaired) electrons. The number of nitrogens with zero attached hydrogens (tertiary/aromatic N) is 3. The van der Waals surface area contributed by atoms with Gasteiger partial charge in [-0.1, -0.05) is 6.07 Å². The van der Waals surface area contributed by atoms with Gasteiger partial charge in [-0.3, -0.25) is 9.89 Å². The van der Waals surface area contributed by atoms with E-state index in [-0.39, 0.29) is 11.7 Å². The first-order valence-corrected chi connectivity index (χ1v) is 10.8. The molecule has 1 aliphatic rings. The van der Waals surface area contributed by atoms with Gasteiger partial charge >= 0.3 is 12.1 Å². The third kappa shape index (κ3) is 8.21. The lowest BCUT2D eigenvalue weighted by atomic mass is 10.2. The Morgan fingerprint density at radius 3 is 2.53 bits per heavy atom. The molecule has 36 heavy (non-hydrogen) atoms. The Morgan fingerprint density at radius 1 is 1.17 bits per heavy atom. The minimum absolute atomic E-state index is 0.176. The Hall–Kier alpha value is -4.23. The van der Waals surface area contributed by atoms with Crippen LogP contribution in [0.5, 0.6) is 0 Å². The average molecular weight is 509 g/mol. The molecule has 1 saturated carbocycles. The number of H-pyrrole nitrogens is 1. The molecule has 0 saturated heterocycles. The van der Waals surface area contributed by atoms with Crippen LogP contribution in [-0.4, -0.2) is 56.4 Å². The number of carboxylic acids is 1. The Kier molecular flexibility index (Phi) is 8.76. The van der Waals surface area contributed by atoms with Crippen molar-refractivity contribution in [2.45, 2.75) is 31.4 Å². The number of alkyl halides is 3. The second-order valence-electron chi connectivity index (χ2n) is 7.72. The van der Waals surface area contributed by atoms with E-state index >= 15 is 0 Å². The van der Waals surface area contributed by atoms with E-state index in [4.69, 9.17) is 9.90 Å². The lowest BCUT2D eigenvalue weighted by Crippen LogP contribution is -2.26. The van der Waals surface area contributed by atoms with Crippen molar-refractivity contribution in [3.8, 4) is 0 Å². The summed E-state index contributed by atoms with van der Waals surface area (Å²) >= 11 is 0. The zero-order valence-corrected chi connectivity index (χ0v) is 18.8. The van der Waals surface area contributed by atoms with Gasteiger partial charge in [0.2, 0.25) is 5.95 Å². The van der Waals surface area contributed by atoms with Gasteiger partial charge in [-0.2, -0.15) is 23.3 Å². The van der Waals surface area contributed by atoms with Gasteiger partial charge in [0.15, 0.2) is 0 Å². The van der Waals surface area contributed by atoms with Gasteiger partial charge in [-0.15, -0.1) is 0 Å². The lowest BCUT2D eigenvalue weighted by Gasteiger charge is -2.13. The molecular formula is C22H23F4N7O3. The van der Waals surface area contributed by atoms with Crippen LogP contribution in [0.4, 0.5) is 35.0 Å². The van der Waals surface area contributed by atoms with Gasteiger partial charge in [-0.05, 0) is 49.4 Å². The quantitative estimate of drug-likeness (QED) is 0.216. The highest BCUT2D eigenvalue weighted by Gasteiger charge is 2.38. The van der Waals surface area contributed by atoms with Crippen molar-refractivity contribution in [1.82, 2.24) is 25.5 Å². The molecule has 1 amide bonds. The molecule has 2 aromatic heterocycles. The van der Waals surface area contributed by atoms with Crippen molar-refractivity contribution in [1.29, 1.82) is 0 Å². The summed E-state index contributed by atoms with van der Waals surface area (Å²) in [7, 11) is 0. The maximum atomic E-state index is 13.4. The monoisotopic (exact) mass is 509 g/mol. The van der Waals surface area contributed by atoms with Crippen molar-refractivity contribution < 1.29 is 32.3 Å². The number of nitrogens with one attached hydrogen (secondary N) is 4. The average Bonchev–Trinajstić information content (AvgIpc) is 3.51. The van der Waals surface area contributed by atoms with E-state index in [1.165, 1.54) is 12.1 Å². The second kappa shape index (κ2) is 12.0. The topological polar surface area (TPSA) is 145 Å². The van der Waals surface area contributed by atoms with Gasteiger partial charge in [0.25, 0.3) is 5.91 Å². The van der Waals surface area contributed by atoms with E-state index < -0.39 is 12.1 Å². The third-order valence-corrected chi connectivity index (χ3v) is 4.83. The highest BCUT2D eigenvalue weighted by Crippen LogP contribution is 2.42. The smallest absolute Gasteiger partial charge is 0.475 e. The predicted molar refractivity (Wildman–Crippen MR) is 121 cm³/mol. The maximum Gasteiger partial charge on any atom is 0.490 e. The second-order valence-corrected chi connectivity index (χ2v) is 7.72. The zero-order valence-electron chi connectivity index (χ0n) is 18.8. The van der Waals surface area contributed by atoms with Crippen LogP contribution < -0.4 is 16.0 Å². The number of halogens is 4. The number of aliphatic carboxylic acids is 1. The van der Waals surface area contributed by atoms with Crippen LogP contribution >= 0.6 is 0 Å². The van der Waals surface area contributed by atoms with E-state index in [0.29, 0.717) is 36.3 Å². The van der Waals surface area contributed by atoms with Gasteiger partial charge < -0.3 is 21.1 Å². The van der Waals surface area contributed by atoms with Crippen LogP contribution in [0.25, 0.3) is 0 Å². The molecule has 5 N–H and O–H groups in total. The van der Waals surface area contributed by atoms with Gasteiger partial charge in [0.05, 0.1) is 0 Å². The summed E-state index contributed by atoms with van der Waals surface area (Å²) in [5.41, 5.74) is 2.13. The van der Waals surface area contributed by atoms with E-state index in [0.717, 1.165) is 30.6 Å². The molecule has 10 nitrogen and oxygen atoms in total. The third-order valence-electron chi connectivity index (χ3n) is 4.83. The fourth-order valence-corrected chi connectivity index (χ4v) is 2.96. The van der Waals surface area contributed by atoms with Crippen molar-refractivity contribution >= 4 is 29.3 Å². The number of hydrogen-bond acceptors (Lipinski definition) is 7. The Labute approximate surface area is 202 Å². The number of hydrogen-bond donors (Lipinski definition) is 5. The van der Waals surface area contributed by atoms with Crippen LogP contribution in [0.3, 0.4) is 0 Å². The highest BCUT2D eigenvalue weighted by atomic mass is 19.4. The summed E-state index contributed by atoms with van der Waals surface area (Å²) in [6.07, 6.45) is 1.29. The molecule has 1 fully saturated rings. The summed E-state index contributed by atoms with van der Waals surface area (Å²) in [5, 5.41) is 22.7. The number of aromatic nitrogens is 4. The van der Waals surface area contributed by atoms with Crippen LogP contribution in [0.1, 0.15) is 41.2 Å². The molecule has 1 aliphatic carbocycles. The Bertz CT molecular complexity index is 1170. The Balaban J connectivity index is 0.000000454. The normalized spacial score (nSPS) is 12.8. The van der Waals surface area contributed by atoms with Crippen LogP contribution in [0, 0.1) is 5.82 Å². The van der Waals surface area contributed by atoms with Gasteiger partial charge in [-0.25, -0.2) is 14.2 Å². The minimum atomic E-state index is -5.08. The molecule has 0 aliphatic heterocycles. The van der Waals surface area contributed by atoms with Gasteiger partial charge in [0, 0.05) is 36.7 Å². The fraction of sp³-hybridized carbons (Fsp3) is 0.318.